The summed E-state index contributed by atoms with van der Waals surface area (Å²) in [4.78, 5) is 4.15. The molecule has 2 nitrogen and oxygen atoms in total. The number of nitrogen functional groups attached to an aromatic ring is 1. The molecule has 0 amide bonds. The highest BCUT2D eigenvalue weighted by Crippen LogP contribution is 2.23. The van der Waals surface area contributed by atoms with Crippen LogP contribution in [0.2, 0.25) is 5.02 Å². The Kier molecular flexibility index (Phi) is 3.86. The van der Waals surface area contributed by atoms with Crippen LogP contribution >= 0.6 is 23.4 Å². The molecule has 2 aromatic rings. The maximum Gasteiger partial charge on any atom is 0.142 e. The van der Waals surface area contributed by atoms with Crippen molar-refractivity contribution in [3.63, 3.8) is 0 Å². The van der Waals surface area contributed by atoms with E-state index in [1.54, 1.807) is 24.4 Å². The molecule has 0 saturated carbocycles. The molecule has 0 bridgehead atoms. The molecule has 0 atom stereocenters. The number of thioether (sulfide) groups is 1. The molecular formula is C12H10ClFN2S. The second kappa shape index (κ2) is 5.38. The van der Waals surface area contributed by atoms with Gasteiger partial charge in [0.15, 0.2) is 0 Å². The standard InChI is InChI=1S/C12H10ClFN2S/c13-10-3-1-8(5-11(10)14)7-17-12-4-2-9(15)6-16-12/h1-6H,7,15H2. The summed E-state index contributed by atoms with van der Waals surface area (Å²) in [7, 11) is 0. The summed E-state index contributed by atoms with van der Waals surface area (Å²) in [6.45, 7) is 0. The van der Waals surface area contributed by atoms with E-state index in [2.05, 4.69) is 4.98 Å². The first-order chi connectivity index (χ1) is 8.15. The second-order valence-electron chi connectivity index (χ2n) is 3.47. The van der Waals surface area contributed by atoms with Gasteiger partial charge in [0, 0.05) is 5.75 Å². The number of aromatic nitrogens is 1. The van der Waals surface area contributed by atoms with Crippen LogP contribution in [0.3, 0.4) is 0 Å². The van der Waals surface area contributed by atoms with Gasteiger partial charge in [-0.05, 0) is 29.8 Å². The fraction of sp³-hybridized carbons (Fsp3) is 0.0833. The molecular weight excluding hydrogens is 259 g/mol. The molecule has 0 radical (unpaired) electrons. The Morgan fingerprint density at radius 3 is 2.76 bits per heavy atom. The molecule has 0 fully saturated rings. The zero-order valence-electron chi connectivity index (χ0n) is 8.86. The molecule has 1 aromatic carbocycles. The summed E-state index contributed by atoms with van der Waals surface area (Å²) in [5, 5.41) is 0.999. The highest BCUT2D eigenvalue weighted by Gasteiger charge is 2.02. The van der Waals surface area contributed by atoms with Crippen molar-refractivity contribution in [2.45, 2.75) is 10.8 Å². The van der Waals surface area contributed by atoms with Gasteiger partial charge < -0.3 is 5.73 Å². The van der Waals surface area contributed by atoms with E-state index in [9.17, 15) is 4.39 Å². The van der Waals surface area contributed by atoms with Gasteiger partial charge in [-0.2, -0.15) is 0 Å². The number of benzene rings is 1. The van der Waals surface area contributed by atoms with E-state index in [0.29, 0.717) is 11.4 Å². The minimum atomic E-state index is -0.393. The lowest BCUT2D eigenvalue weighted by Crippen LogP contribution is -1.88. The maximum absolute atomic E-state index is 13.2. The third-order valence-electron chi connectivity index (χ3n) is 2.13. The van der Waals surface area contributed by atoms with Crippen molar-refractivity contribution in [3.05, 3.63) is 52.9 Å². The van der Waals surface area contributed by atoms with Crippen LogP contribution in [0.4, 0.5) is 10.1 Å². The smallest absolute Gasteiger partial charge is 0.142 e. The third kappa shape index (κ3) is 3.35. The second-order valence-corrected chi connectivity index (χ2v) is 4.87. The number of rotatable bonds is 3. The summed E-state index contributed by atoms with van der Waals surface area (Å²) in [6.07, 6.45) is 1.60. The monoisotopic (exact) mass is 268 g/mol. The molecule has 1 aromatic heterocycles. The lowest BCUT2D eigenvalue weighted by atomic mass is 10.2. The number of hydrogen-bond donors (Lipinski definition) is 1. The molecule has 1 heterocycles. The van der Waals surface area contributed by atoms with Gasteiger partial charge in [-0.15, -0.1) is 11.8 Å². The number of halogens is 2. The predicted octanol–water partition coefficient (Wildman–Crippen LogP) is 3.75. The van der Waals surface area contributed by atoms with E-state index < -0.39 is 5.82 Å². The molecule has 2 N–H and O–H groups in total. The van der Waals surface area contributed by atoms with Crippen molar-refractivity contribution in [1.29, 1.82) is 0 Å². The van der Waals surface area contributed by atoms with Crippen molar-refractivity contribution in [3.8, 4) is 0 Å². The Bertz CT molecular complexity index is 516. The third-order valence-corrected chi connectivity index (χ3v) is 3.45. The van der Waals surface area contributed by atoms with E-state index in [0.717, 1.165) is 10.6 Å². The molecule has 0 spiro atoms. The molecule has 88 valence electrons. The first-order valence-electron chi connectivity index (χ1n) is 4.93. The quantitative estimate of drug-likeness (QED) is 0.862. The van der Waals surface area contributed by atoms with Crippen LogP contribution in [0.5, 0.6) is 0 Å². The lowest BCUT2D eigenvalue weighted by Gasteiger charge is -2.02. The van der Waals surface area contributed by atoms with Crippen molar-refractivity contribution in [2.75, 3.05) is 5.73 Å². The van der Waals surface area contributed by atoms with Crippen LogP contribution in [0.25, 0.3) is 0 Å². The molecule has 0 saturated heterocycles. The fourth-order valence-electron chi connectivity index (χ4n) is 1.26. The zero-order chi connectivity index (χ0) is 12.3. The average Bonchev–Trinajstić information content (AvgIpc) is 2.33. The molecule has 0 unspecified atom stereocenters. The Morgan fingerprint density at radius 1 is 1.29 bits per heavy atom. The molecule has 5 heteroatoms. The Morgan fingerprint density at radius 2 is 2.12 bits per heavy atom. The van der Waals surface area contributed by atoms with Crippen molar-refractivity contribution >= 4 is 29.1 Å². The zero-order valence-corrected chi connectivity index (χ0v) is 10.4. The number of hydrogen-bond acceptors (Lipinski definition) is 3. The Balaban J connectivity index is 2.02. The van der Waals surface area contributed by atoms with E-state index in [-0.39, 0.29) is 5.02 Å². The Hall–Kier alpha value is -1.26. The van der Waals surface area contributed by atoms with Gasteiger partial charge in [-0.1, -0.05) is 17.7 Å². The molecule has 17 heavy (non-hydrogen) atoms. The maximum atomic E-state index is 13.2. The van der Waals surface area contributed by atoms with Gasteiger partial charge in [0.2, 0.25) is 0 Å². The van der Waals surface area contributed by atoms with Crippen LogP contribution in [0, 0.1) is 5.82 Å². The van der Waals surface area contributed by atoms with Crippen molar-refractivity contribution in [2.24, 2.45) is 0 Å². The summed E-state index contributed by atoms with van der Waals surface area (Å²) in [5.74, 6) is 0.250. The lowest BCUT2D eigenvalue weighted by molar-refractivity contribution is 0.627. The molecule has 0 aliphatic rings. The topological polar surface area (TPSA) is 38.9 Å². The normalized spacial score (nSPS) is 10.5. The van der Waals surface area contributed by atoms with Gasteiger partial charge in [0.1, 0.15) is 5.82 Å². The van der Waals surface area contributed by atoms with Gasteiger partial charge in [0.25, 0.3) is 0 Å². The summed E-state index contributed by atoms with van der Waals surface area (Å²) in [5.41, 5.74) is 7.04. The largest absolute Gasteiger partial charge is 0.397 e. The van der Waals surface area contributed by atoms with E-state index in [1.165, 1.54) is 17.8 Å². The molecule has 2 rings (SSSR count). The van der Waals surface area contributed by atoms with Crippen LogP contribution in [-0.4, -0.2) is 4.98 Å². The number of nitrogens with zero attached hydrogens (tertiary/aromatic N) is 1. The van der Waals surface area contributed by atoms with Gasteiger partial charge in [0.05, 0.1) is 21.9 Å². The van der Waals surface area contributed by atoms with Crippen molar-refractivity contribution < 1.29 is 4.39 Å². The number of nitrogens with two attached hydrogens (primary N) is 1. The SMILES string of the molecule is Nc1ccc(SCc2ccc(Cl)c(F)c2)nc1. The van der Waals surface area contributed by atoms with Crippen LogP contribution in [0.1, 0.15) is 5.56 Å². The molecule has 0 aliphatic carbocycles. The van der Waals surface area contributed by atoms with Crippen LogP contribution in [-0.2, 0) is 5.75 Å². The predicted molar refractivity (Wildman–Crippen MR) is 69.6 cm³/mol. The van der Waals surface area contributed by atoms with Gasteiger partial charge in [-0.25, -0.2) is 9.37 Å². The molecule has 0 aliphatic heterocycles. The van der Waals surface area contributed by atoms with Crippen molar-refractivity contribution in [1.82, 2.24) is 4.98 Å². The van der Waals surface area contributed by atoms with E-state index >= 15 is 0 Å². The average molecular weight is 269 g/mol. The Labute approximate surface area is 108 Å². The van der Waals surface area contributed by atoms with Crippen LogP contribution < -0.4 is 5.73 Å². The first-order valence-corrected chi connectivity index (χ1v) is 6.30. The fourth-order valence-corrected chi connectivity index (χ4v) is 2.17. The summed E-state index contributed by atoms with van der Waals surface area (Å²) in [6, 6.07) is 8.43. The number of anilines is 1. The summed E-state index contributed by atoms with van der Waals surface area (Å²) >= 11 is 7.13. The highest BCUT2D eigenvalue weighted by molar-refractivity contribution is 7.98. The minimum Gasteiger partial charge on any atom is -0.397 e. The number of pyridine rings is 1. The highest BCUT2D eigenvalue weighted by atomic mass is 35.5. The van der Waals surface area contributed by atoms with Gasteiger partial charge in [-0.3, -0.25) is 0 Å². The van der Waals surface area contributed by atoms with Gasteiger partial charge >= 0.3 is 0 Å². The van der Waals surface area contributed by atoms with E-state index in [1.807, 2.05) is 6.07 Å². The van der Waals surface area contributed by atoms with E-state index in [4.69, 9.17) is 17.3 Å². The first kappa shape index (κ1) is 12.2. The van der Waals surface area contributed by atoms with Crippen LogP contribution in [0.15, 0.2) is 41.6 Å². The summed E-state index contributed by atoms with van der Waals surface area (Å²) < 4.78 is 13.2. The minimum absolute atomic E-state index is 0.143.